The molecule has 1 saturated carbocycles. The summed E-state index contributed by atoms with van der Waals surface area (Å²) < 4.78 is 0. The van der Waals surface area contributed by atoms with E-state index in [4.69, 9.17) is 10.2 Å². The maximum absolute atomic E-state index is 9.11. The van der Waals surface area contributed by atoms with Crippen LogP contribution in [0.25, 0.3) is 0 Å². The molecule has 0 aliphatic heterocycles. The molecule has 0 aromatic carbocycles. The minimum absolute atomic E-state index is 0.112. The van der Waals surface area contributed by atoms with Gasteiger partial charge >= 0.3 is 0 Å². The van der Waals surface area contributed by atoms with Crippen molar-refractivity contribution in [3.63, 3.8) is 0 Å². The fraction of sp³-hybridized carbons (Fsp3) is 0.846. The second-order valence-corrected chi connectivity index (χ2v) is 4.64. The molecule has 0 heterocycles. The third-order valence-electron chi connectivity index (χ3n) is 3.60. The molecule has 1 aliphatic carbocycles. The summed E-state index contributed by atoms with van der Waals surface area (Å²) in [6.45, 7) is 2.43. The lowest BCUT2D eigenvalue weighted by Gasteiger charge is -2.31. The van der Waals surface area contributed by atoms with E-state index in [1.807, 2.05) is 0 Å². The number of aliphatic hydroxyl groups excluding tert-OH is 2. The first kappa shape index (κ1) is 12.7. The Morgan fingerprint density at radius 2 is 1.73 bits per heavy atom. The second-order valence-electron chi connectivity index (χ2n) is 4.64. The highest BCUT2D eigenvalue weighted by Gasteiger charge is 2.25. The van der Waals surface area contributed by atoms with Crippen molar-refractivity contribution >= 4 is 0 Å². The maximum Gasteiger partial charge on any atom is 0.0483 e. The zero-order valence-electron chi connectivity index (χ0n) is 9.73. The molecular formula is C13H24O2. The number of allylic oxidation sites excluding steroid dienone is 2. The number of hydrogen-bond donors (Lipinski definition) is 2. The predicted molar refractivity (Wildman–Crippen MR) is 62.5 cm³/mol. The van der Waals surface area contributed by atoms with Gasteiger partial charge in [-0.15, -0.1) is 0 Å². The van der Waals surface area contributed by atoms with Gasteiger partial charge in [0.15, 0.2) is 0 Å². The number of rotatable bonds is 5. The van der Waals surface area contributed by atoms with Gasteiger partial charge in [0.25, 0.3) is 0 Å². The van der Waals surface area contributed by atoms with Gasteiger partial charge in [0.2, 0.25) is 0 Å². The second kappa shape index (κ2) is 7.02. The summed E-state index contributed by atoms with van der Waals surface area (Å²) in [4.78, 5) is 0. The molecule has 1 rings (SSSR count). The van der Waals surface area contributed by atoms with Crippen molar-refractivity contribution in [1.29, 1.82) is 0 Å². The van der Waals surface area contributed by atoms with Gasteiger partial charge in [-0.2, -0.15) is 0 Å². The lowest BCUT2D eigenvalue weighted by Crippen LogP contribution is -2.26. The standard InChI is InChI=1S/C13H24O2/c1-2-3-4-11-5-7-12(8-6-11)13(9-14)10-15/h3-4,11-15H,2,5-10H2,1H3/b4-3+/t11-,12-. The van der Waals surface area contributed by atoms with E-state index in [1.165, 1.54) is 12.8 Å². The molecule has 0 aromatic heterocycles. The van der Waals surface area contributed by atoms with Gasteiger partial charge in [0.1, 0.15) is 0 Å². The zero-order chi connectivity index (χ0) is 11.1. The normalized spacial score (nSPS) is 27.7. The average Bonchev–Trinajstić information content (AvgIpc) is 2.29. The van der Waals surface area contributed by atoms with Crippen LogP contribution >= 0.6 is 0 Å². The fourth-order valence-corrected chi connectivity index (χ4v) is 2.49. The van der Waals surface area contributed by atoms with Crippen LogP contribution in [-0.4, -0.2) is 23.4 Å². The molecule has 0 amide bonds. The van der Waals surface area contributed by atoms with Crippen LogP contribution < -0.4 is 0 Å². The van der Waals surface area contributed by atoms with E-state index in [0.29, 0.717) is 5.92 Å². The van der Waals surface area contributed by atoms with Gasteiger partial charge in [-0.05, 0) is 43.9 Å². The molecule has 88 valence electrons. The van der Waals surface area contributed by atoms with E-state index < -0.39 is 0 Å². The molecule has 1 aliphatic rings. The topological polar surface area (TPSA) is 40.5 Å². The Hall–Kier alpha value is -0.340. The summed E-state index contributed by atoms with van der Waals surface area (Å²) in [5, 5.41) is 18.2. The monoisotopic (exact) mass is 212 g/mol. The first-order chi connectivity index (χ1) is 7.31. The van der Waals surface area contributed by atoms with Gasteiger partial charge in [-0.25, -0.2) is 0 Å². The van der Waals surface area contributed by atoms with Gasteiger partial charge < -0.3 is 10.2 Å². The molecule has 1 fully saturated rings. The number of aliphatic hydroxyl groups is 2. The summed E-state index contributed by atoms with van der Waals surface area (Å²) in [5.41, 5.74) is 0. The van der Waals surface area contributed by atoms with Crippen molar-refractivity contribution in [2.75, 3.05) is 13.2 Å². The Kier molecular flexibility index (Phi) is 5.96. The zero-order valence-corrected chi connectivity index (χ0v) is 9.73. The molecule has 0 saturated heterocycles. The minimum Gasteiger partial charge on any atom is -0.396 e. The van der Waals surface area contributed by atoms with Crippen LogP contribution in [0.2, 0.25) is 0 Å². The Balaban J connectivity index is 2.31. The molecule has 2 N–H and O–H groups in total. The predicted octanol–water partition coefficient (Wildman–Crippen LogP) is 2.36. The lowest BCUT2D eigenvalue weighted by molar-refractivity contribution is 0.0833. The molecule has 0 unspecified atom stereocenters. The van der Waals surface area contributed by atoms with Crippen molar-refractivity contribution in [3.8, 4) is 0 Å². The van der Waals surface area contributed by atoms with Gasteiger partial charge in [-0.1, -0.05) is 19.1 Å². The van der Waals surface area contributed by atoms with Crippen molar-refractivity contribution in [2.45, 2.75) is 39.0 Å². The fourth-order valence-electron chi connectivity index (χ4n) is 2.49. The molecule has 0 bridgehead atoms. The van der Waals surface area contributed by atoms with Gasteiger partial charge in [-0.3, -0.25) is 0 Å². The van der Waals surface area contributed by atoms with Crippen LogP contribution in [0.5, 0.6) is 0 Å². The molecule has 0 atom stereocenters. The largest absolute Gasteiger partial charge is 0.396 e. The summed E-state index contributed by atoms with van der Waals surface area (Å²) in [6, 6.07) is 0. The van der Waals surface area contributed by atoms with Crippen LogP contribution in [0.4, 0.5) is 0 Å². The molecule has 2 nitrogen and oxygen atoms in total. The molecular weight excluding hydrogens is 188 g/mol. The SMILES string of the molecule is CC/C=C/[C@H]1CC[C@H](C(CO)CO)CC1. The van der Waals surface area contributed by atoms with E-state index in [-0.39, 0.29) is 19.1 Å². The summed E-state index contributed by atoms with van der Waals surface area (Å²) >= 11 is 0. The highest BCUT2D eigenvalue weighted by Crippen LogP contribution is 2.33. The molecule has 0 spiro atoms. The van der Waals surface area contributed by atoms with Crippen LogP contribution in [0.3, 0.4) is 0 Å². The van der Waals surface area contributed by atoms with Crippen molar-refractivity contribution < 1.29 is 10.2 Å². The Morgan fingerprint density at radius 3 is 2.20 bits per heavy atom. The first-order valence-corrected chi connectivity index (χ1v) is 6.20. The van der Waals surface area contributed by atoms with Crippen molar-refractivity contribution in [2.24, 2.45) is 17.8 Å². The molecule has 15 heavy (non-hydrogen) atoms. The highest BCUT2D eigenvalue weighted by atomic mass is 16.3. The number of hydrogen-bond acceptors (Lipinski definition) is 2. The first-order valence-electron chi connectivity index (χ1n) is 6.20. The maximum atomic E-state index is 9.11. The van der Waals surface area contributed by atoms with Crippen molar-refractivity contribution in [1.82, 2.24) is 0 Å². The summed E-state index contributed by atoms with van der Waals surface area (Å²) in [6.07, 6.45) is 10.5. The smallest absolute Gasteiger partial charge is 0.0483 e. The third kappa shape index (κ3) is 3.96. The van der Waals surface area contributed by atoms with Crippen molar-refractivity contribution in [3.05, 3.63) is 12.2 Å². The van der Waals surface area contributed by atoms with E-state index in [1.54, 1.807) is 0 Å². The highest BCUT2D eigenvalue weighted by molar-refractivity contribution is 4.91. The van der Waals surface area contributed by atoms with E-state index in [9.17, 15) is 0 Å². The van der Waals surface area contributed by atoms with E-state index in [0.717, 1.165) is 25.2 Å². The Bertz CT molecular complexity index is 177. The molecule has 0 aromatic rings. The van der Waals surface area contributed by atoms with E-state index >= 15 is 0 Å². The Morgan fingerprint density at radius 1 is 1.13 bits per heavy atom. The quantitative estimate of drug-likeness (QED) is 0.687. The van der Waals surface area contributed by atoms with Gasteiger partial charge in [0.05, 0.1) is 0 Å². The summed E-state index contributed by atoms with van der Waals surface area (Å²) in [7, 11) is 0. The average molecular weight is 212 g/mol. The Labute approximate surface area is 93.0 Å². The summed E-state index contributed by atoms with van der Waals surface area (Å²) in [5.74, 6) is 1.38. The molecule has 2 heteroatoms. The van der Waals surface area contributed by atoms with Crippen LogP contribution in [-0.2, 0) is 0 Å². The third-order valence-corrected chi connectivity index (χ3v) is 3.60. The minimum atomic E-state index is 0.112. The van der Waals surface area contributed by atoms with Crippen LogP contribution in [0, 0.1) is 17.8 Å². The van der Waals surface area contributed by atoms with Gasteiger partial charge in [0, 0.05) is 19.1 Å². The van der Waals surface area contributed by atoms with Crippen LogP contribution in [0.1, 0.15) is 39.0 Å². The lowest BCUT2D eigenvalue weighted by atomic mass is 9.76. The molecule has 0 radical (unpaired) electrons. The van der Waals surface area contributed by atoms with Crippen LogP contribution in [0.15, 0.2) is 12.2 Å². The van der Waals surface area contributed by atoms with E-state index in [2.05, 4.69) is 19.1 Å².